The second-order valence-corrected chi connectivity index (χ2v) is 27.9. The first-order valence-corrected chi connectivity index (χ1v) is 38.6. The lowest BCUT2D eigenvalue weighted by molar-refractivity contribution is -0.671. The molecule has 0 amide bonds. The largest absolute Gasteiger partial charge is 0.489 e. The summed E-state index contributed by atoms with van der Waals surface area (Å²) in [6, 6.07) is 72.0. The number of rotatable bonds is 22. The summed E-state index contributed by atoms with van der Waals surface area (Å²) in [6.45, 7) is 0.295. The summed E-state index contributed by atoms with van der Waals surface area (Å²) in [5.74, 6) is -3.46. The number of fused-ring (bicyclic) bond motifs is 5. The van der Waals surface area contributed by atoms with Gasteiger partial charge in [-0.1, -0.05) is 140 Å². The summed E-state index contributed by atoms with van der Waals surface area (Å²) in [6.07, 6.45) is 19.5. The zero-order chi connectivity index (χ0) is 87.8. The third kappa shape index (κ3) is 25.5. The third-order valence-corrected chi connectivity index (χ3v) is 19.3. The zero-order valence-electron chi connectivity index (χ0n) is 69.3. The van der Waals surface area contributed by atoms with Gasteiger partial charge in [0, 0.05) is 58.1 Å². The van der Waals surface area contributed by atoms with Crippen LogP contribution >= 0.6 is 0 Å². The predicted molar refractivity (Wildman–Crippen MR) is 485 cm³/mol. The Bertz CT molecular complexity index is 6220. The molecule has 0 aliphatic heterocycles. The van der Waals surface area contributed by atoms with Crippen molar-refractivity contribution in [2.24, 2.45) is 35.2 Å². The Labute approximate surface area is 748 Å². The molecule has 10 aromatic heterocycles. The van der Waals surface area contributed by atoms with Gasteiger partial charge in [0.25, 0.3) is 0 Å². The summed E-state index contributed by atoms with van der Waals surface area (Å²) in [4.78, 5) is 109. The maximum atomic E-state index is 12.5. The standard InChI is InChI=1S/C25H23N2O5.3C18H17N2O4.C16H15N2O2.5CH4/c1-26-12-6-9-19(15-26)24(28)32-17-27-22-11-10-21(31-16-18-7-4-3-5-8-18)13-20(22)14-23(27)25(29)30-2;3*1-19-9-5-7-14(11-19)17(21)24-12-20-15-8-4-3-6-13(15)10-16(20)18(22)23-2;1-17-9-4-6-14(11-17)16(19)20-12-18-10-8-13-5-2-3-7-15(13)18;;;;;/h3-15H,16-17H2,1-2H3;3*3-11H,12H2,1-2H3;2-11H,12H2,1H3;5*1H4/q5*+1;;;;;. The molecule has 0 aliphatic carbocycles. The van der Waals surface area contributed by atoms with Gasteiger partial charge in [0.05, 0.1) is 56.0 Å². The van der Waals surface area contributed by atoms with Crippen molar-refractivity contribution in [2.75, 3.05) is 28.4 Å². The molecule has 16 rings (SSSR count). The van der Waals surface area contributed by atoms with Crippen LogP contribution in [-0.4, -0.2) is 105 Å². The van der Waals surface area contributed by atoms with Crippen molar-refractivity contribution in [1.82, 2.24) is 22.8 Å². The summed E-state index contributed by atoms with van der Waals surface area (Å²) >= 11 is 0. The number of aromatic nitrogens is 10. The van der Waals surface area contributed by atoms with Crippen molar-refractivity contribution in [3.8, 4) is 5.75 Å². The van der Waals surface area contributed by atoms with E-state index in [0.717, 1.165) is 60.1 Å². The van der Waals surface area contributed by atoms with Gasteiger partial charge in [-0.3, -0.25) is 0 Å². The highest BCUT2D eigenvalue weighted by Crippen LogP contribution is 2.29. The molecular formula is C100H109N10O19+5. The fourth-order valence-corrected chi connectivity index (χ4v) is 13.2. The quantitative estimate of drug-likeness (QED) is 0.0346. The van der Waals surface area contributed by atoms with Crippen LogP contribution in [-0.2, 0) is 118 Å². The molecular weight excluding hydrogens is 1650 g/mol. The van der Waals surface area contributed by atoms with Gasteiger partial charge in [-0.05, 0) is 114 Å². The molecule has 0 N–H and O–H groups in total. The monoisotopic (exact) mass is 1750 g/mol. The number of esters is 9. The molecule has 10 heterocycles. The van der Waals surface area contributed by atoms with E-state index >= 15 is 0 Å². The van der Waals surface area contributed by atoms with E-state index in [0.29, 0.717) is 57.3 Å². The number of para-hydroxylation sites is 4. The Hall–Kier alpha value is -16.2. The van der Waals surface area contributed by atoms with Gasteiger partial charge < -0.3 is 70.2 Å². The zero-order valence-corrected chi connectivity index (χ0v) is 69.3. The highest BCUT2D eigenvalue weighted by atomic mass is 16.6. The molecule has 0 saturated carbocycles. The lowest BCUT2D eigenvalue weighted by Gasteiger charge is -2.11. The van der Waals surface area contributed by atoms with E-state index in [2.05, 4.69) is 0 Å². The molecule has 16 aromatic rings. The van der Waals surface area contributed by atoms with Crippen LogP contribution in [0.1, 0.15) is 136 Å². The second-order valence-electron chi connectivity index (χ2n) is 27.9. The Morgan fingerprint density at radius 3 is 0.845 bits per heavy atom. The topological polar surface area (TPSA) is 290 Å². The fraction of sp³-hybridized carbons (Fsp3) is 0.200. The number of carbonyl (C=O) groups is 9. The van der Waals surface area contributed by atoms with E-state index in [-0.39, 0.29) is 82.5 Å². The van der Waals surface area contributed by atoms with Crippen LogP contribution in [0.15, 0.2) is 305 Å². The van der Waals surface area contributed by atoms with E-state index in [9.17, 15) is 43.2 Å². The fourth-order valence-electron chi connectivity index (χ4n) is 13.2. The Kier molecular flexibility index (Phi) is 36.9. The van der Waals surface area contributed by atoms with Crippen molar-refractivity contribution in [3.63, 3.8) is 0 Å². The molecule has 6 aromatic carbocycles. The minimum atomic E-state index is -0.518. The number of hydrogen-bond acceptors (Lipinski definition) is 19. The van der Waals surface area contributed by atoms with Crippen LogP contribution < -0.4 is 27.6 Å². The average Bonchev–Trinajstić information content (AvgIpc) is 1.65. The summed E-state index contributed by atoms with van der Waals surface area (Å²) in [5.41, 5.74) is 8.81. The highest BCUT2D eigenvalue weighted by molar-refractivity contribution is 6.00. The lowest BCUT2D eigenvalue weighted by atomic mass is 10.2. The first-order chi connectivity index (χ1) is 60.1. The Morgan fingerprint density at radius 2 is 0.535 bits per heavy atom. The van der Waals surface area contributed by atoms with Gasteiger partial charge in [-0.25, -0.2) is 66.0 Å². The molecule has 0 saturated heterocycles. The summed E-state index contributed by atoms with van der Waals surface area (Å²) < 4.78 is 69.5. The van der Waals surface area contributed by atoms with Crippen molar-refractivity contribution in [2.45, 2.75) is 77.4 Å². The van der Waals surface area contributed by atoms with E-state index in [1.165, 1.54) is 28.4 Å². The molecule has 668 valence electrons. The molecule has 0 spiro atoms. The van der Waals surface area contributed by atoms with Gasteiger partial charge in [0.15, 0.2) is 95.6 Å². The van der Waals surface area contributed by atoms with Crippen LogP contribution in [0.25, 0.3) is 54.5 Å². The van der Waals surface area contributed by atoms with E-state index in [1.807, 2.05) is 239 Å². The van der Waals surface area contributed by atoms with Crippen LogP contribution in [0.4, 0.5) is 0 Å². The van der Waals surface area contributed by atoms with E-state index in [1.54, 1.807) is 146 Å². The molecule has 29 nitrogen and oxygen atoms in total. The number of ether oxygens (including phenoxy) is 10. The smallest absolute Gasteiger partial charge is 0.354 e. The average molecular weight is 1760 g/mol. The maximum absolute atomic E-state index is 12.5. The maximum Gasteiger partial charge on any atom is 0.354 e. The van der Waals surface area contributed by atoms with Gasteiger partial charge in [0.2, 0.25) is 0 Å². The van der Waals surface area contributed by atoms with Crippen LogP contribution in [0, 0.1) is 0 Å². The molecule has 129 heavy (non-hydrogen) atoms. The molecule has 0 bridgehead atoms. The number of methoxy groups -OCH3 is 4. The van der Waals surface area contributed by atoms with Crippen LogP contribution in [0.2, 0.25) is 0 Å². The lowest BCUT2D eigenvalue weighted by Crippen LogP contribution is -2.28. The first kappa shape index (κ1) is 99.9. The normalized spacial score (nSPS) is 10.2. The van der Waals surface area contributed by atoms with Gasteiger partial charge in [-0.15, -0.1) is 0 Å². The Morgan fingerprint density at radius 1 is 0.264 bits per heavy atom. The molecule has 0 fully saturated rings. The highest BCUT2D eigenvalue weighted by Gasteiger charge is 2.25. The molecule has 29 heteroatoms. The van der Waals surface area contributed by atoms with Gasteiger partial charge in [-0.2, -0.15) is 0 Å². The number of aryl methyl sites for hydroxylation is 5. The molecule has 0 unspecified atom stereocenters. The van der Waals surface area contributed by atoms with Crippen LogP contribution in [0.3, 0.4) is 0 Å². The summed E-state index contributed by atoms with van der Waals surface area (Å²) in [5, 5.41) is 4.54. The third-order valence-electron chi connectivity index (χ3n) is 19.3. The van der Waals surface area contributed by atoms with Crippen molar-refractivity contribution >= 4 is 108 Å². The predicted octanol–water partition coefficient (Wildman–Crippen LogP) is 15.3. The molecule has 0 aliphatic rings. The first-order valence-electron chi connectivity index (χ1n) is 38.6. The van der Waals surface area contributed by atoms with Crippen molar-refractivity contribution < 1.29 is 113 Å². The number of benzene rings is 6. The number of hydrogen-bond donors (Lipinski definition) is 0. The van der Waals surface area contributed by atoms with Gasteiger partial charge >= 0.3 is 53.7 Å². The minimum absolute atomic E-state index is 0. The van der Waals surface area contributed by atoms with Crippen molar-refractivity contribution in [1.29, 1.82) is 0 Å². The van der Waals surface area contributed by atoms with Crippen LogP contribution in [0.5, 0.6) is 5.75 Å². The summed E-state index contributed by atoms with van der Waals surface area (Å²) in [7, 11) is 14.4. The number of carbonyl (C=O) groups excluding carboxylic acids is 9. The van der Waals surface area contributed by atoms with Gasteiger partial charge in [0.1, 0.15) is 98.2 Å². The SMILES string of the molecule is C.C.C.C.C.COC(=O)c1cc2cc(OCc3ccccc3)ccc2n1COC(=O)c1ccc[n+](C)c1.COC(=O)c1cc2ccccc2n1COC(=O)c1ccc[n+](C)c1.COC(=O)c1cc2ccccc2n1COC(=O)c1ccc[n+](C)c1.COC(=O)c1cc2ccccc2n1COC(=O)c1ccc[n+](C)c1.C[n+]1cccc(C(=O)OCn2ccc3ccccc32)c1. The van der Waals surface area contributed by atoms with E-state index < -0.39 is 47.8 Å². The molecule has 0 atom stereocenters. The Balaban J connectivity index is 0.000000220. The van der Waals surface area contributed by atoms with E-state index in [4.69, 9.17) is 47.4 Å². The minimum Gasteiger partial charge on any atom is -0.489 e. The second kappa shape index (κ2) is 47.6. The number of nitrogens with zero attached hydrogens (tertiary/aromatic N) is 10. The molecule has 0 radical (unpaired) electrons. The number of pyridine rings is 5. The van der Waals surface area contributed by atoms with Crippen molar-refractivity contribution in [3.05, 3.63) is 361 Å².